The van der Waals surface area contributed by atoms with Gasteiger partial charge < -0.3 is 28.4 Å². The van der Waals surface area contributed by atoms with Crippen LogP contribution in [0.5, 0.6) is 28.7 Å². The number of hydrogen-bond donors (Lipinski definition) is 0. The number of rotatable bonds is 4. The number of hydrogen-bond acceptors (Lipinski definition) is 8. The highest BCUT2D eigenvalue weighted by atomic mass is 79.9. The Bertz CT molecular complexity index is 1090. The maximum atomic E-state index is 12.9. The van der Waals surface area contributed by atoms with Gasteiger partial charge in [0.05, 0.1) is 31.8 Å². The second-order valence-electron chi connectivity index (χ2n) is 7.57. The van der Waals surface area contributed by atoms with Gasteiger partial charge in [-0.05, 0) is 41.0 Å². The fraction of sp³-hybridized carbons (Fsp3) is 0.409. The molecule has 3 aliphatic rings. The lowest BCUT2D eigenvalue weighted by atomic mass is 9.85. The monoisotopic (exact) mass is 491 g/mol. The molecule has 0 fully saturated rings. The van der Waals surface area contributed by atoms with Gasteiger partial charge in [0, 0.05) is 17.7 Å². The number of halogens is 1. The van der Waals surface area contributed by atoms with Gasteiger partial charge in [0.2, 0.25) is 12.5 Å². The summed E-state index contributed by atoms with van der Waals surface area (Å²) in [5.74, 6) is 2.24. The highest BCUT2D eigenvalue weighted by molar-refractivity contribution is 9.10. The third-order valence-electron chi connectivity index (χ3n) is 6.15. The van der Waals surface area contributed by atoms with Gasteiger partial charge in [0.1, 0.15) is 11.7 Å². The van der Waals surface area contributed by atoms with Gasteiger partial charge in [-0.15, -0.1) is 0 Å². The van der Waals surface area contributed by atoms with Gasteiger partial charge in [-0.3, -0.25) is 4.90 Å². The van der Waals surface area contributed by atoms with E-state index in [0.29, 0.717) is 34.3 Å². The van der Waals surface area contributed by atoms with Crippen molar-refractivity contribution in [3.63, 3.8) is 0 Å². The zero-order valence-corrected chi connectivity index (χ0v) is 19.2. The van der Waals surface area contributed by atoms with Crippen molar-refractivity contribution in [2.24, 2.45) is 0 Å². The summed E-state index contributed by atoms with van der Waals surface area (Å²) in [4.78, 5) is 15.1. The number of methoxy groups -OCH3 is 3. The molecule has 0 N–H and O–H groups in total. The summed E-state index contributed by atoms with van der Waals surface area (Å²) in [7, 11) is 6.68. The first-order valence-corrected chi connectivity index (χ1v) is 10.6. The zero-order chi connectivity index (χ0) is 21.9. The molecule has 3 aliphatic heterocycles. The summed E-state index contributed by atoms with van der Waals surface area (Å²) >= 11 is 3.70. The fourth-order valence-corrected chi connectivity index (χ4v) is 5.48. The average Bonchev–Trinajstić information content (AvgIpc) is 3.39. The quantitative estimate of drug-likeness (QED) is 0.600. The second kappa shape index (κ2) is 7.49. The van der Waals surface area contributed by atoms with Crippen molar-refractivity contribution >= 4 is 21.9 Å². The number of cyclic esters (lactones) is 1. The average molecular weight is 492 g/mol. The lowest BCUT2D eigenvalue weighted by Crippen LogP contribution is -2.36. The van der Waals surface area contributed by atoms with E-state index < -0.39 is 12.1 Å². The Kier molecular flexibility index (Phi) is 4.90. The predicted molar refractivity (Wildman–Crippen MR) is 114 cm³/mol. The standard InChI is InChI=1S/C22H22BrNO7/c1-24-8-7-10-13(19(28-4)21-20(15(10)23)29-9-30-21)16(24)17-11-5-6-12(26-2)18(27-3)14(11)22(25)31-17/h5-6,16-17H,7-9H2,1-4H3/t16-,17?/m1/s1. The number of ether oxygens (including phenoxy) is 6. The van der Waals surface area contributed by atoms with Gasteiger partial charge in [0.15, 0.2) is 23.0 Å². The van der Waals surface area contributed by atoms with Crippen LogP contribution in [0, 0.1) is 0 Å². The molecule has 0 aliphatic carbocycles. The van der Waals surface area contributed by atoms with Crippen molar-refractivity contribution < 1.29 is 33.2 Å². The van der Waals surface area contributed by atoms with Crippen molar-refractivity contribution in [1.82, 2.24) is 4.90 Å². The highest BCUT2D eigenvalue weighted by Crippen LogP contribution is 2.57. The van der Waals surface area contributed by atoms with Gasteiger partial charge in [-0.25, -0.2) is 4.79 Å². The smallest absolute Gasteiger partial charge is 0.343 e. The van der Waals surface area contributed by atoms with Gasteiger partial charge >= 0.3 is 5.97 Å². The Morgan fingerprint density at radius 2 is 1.81 bits per heavy atom. The van der Waals surface area contributed by atoms with E-state index in [1.54, 1.807) is 13.2 Å². The first-order valence-electron chi connectivity index (χ1n) is 9.85. The molecule has 2 aromatic carbocycles. The molecule has 0 spiro atoms. The minimum absolute atomic E-state index is 0.131. The Morgan fingerprint density at radius 1 is 1.06 bits per heavy atom. The van der Waals surface area contributed by atoms with Crippen LogP contribution in [0.25, 0.3) is 0 Å². The lowest BCUT2D eigenvalue weighted by Gasteiger charge is -2.39. The molecular weight excluding hydrogens is 470 g/mol. The first-order chi connectivity index (χ1) is 15.0. The van der Waals surface area contributed by atoms with Crippen molar-refractivity contribution in [2.75, 3.05) is 41.7 Å². The third kappa shape index (κ3) is 2.79. The van der Waals surface area contributed by atoms with Crippen LogP contribution >= 0.6 is 15.9 Å². The van der Waals surface area contributed by atoms with E-state index in [-0.39, 0.29) is 12.8 Å². The molecule has 0 saturated carbocycles. The Morgan fingerprint density at radius 3 is 2.52 bits per heavy atom. The summed E-state index contributed by atoms with van der Waals surface area (Å²) in [6.45, 7) is 0.904. The number of nitrogens with zero attached hydrogens (tertiary/aromatic N) is 1. The SMILES string of the molecule is COc1ccc2c(c1OC)C(=O)OC2[C@H]1c2c(c(Br)c3c(c2OC)OCO3)CCN1C. The normalized spacial score (nSPS) is 21.4. The number of fused-ring (bicyclic) bond motifs is 3. The van der Waals surface area contributed by atoms with Crippen LogP contribution in [-0.4, -0.2) is 52.6 Å². The molecule has 0 aromatic heterocycles. The maximum Gasteiger partial charge on any atom is 0.343 e. The molecule has 2 atom stereocenters. The third-order valence-corrected chi connectivity index (χ3v) is 6.99. The van der Waals surface area contributed by atoms with Crippen LogP contribution in [-0.2, 0) is 11.2 Å². The van der Waals surface area contributed by atoms with Gasteiger partial charge in [-0.2, -0.15) is 0 Å². The molecule has 0 bridgehead atoms. The molecule has 0 radical (unpaired) electrons. The summed E-state index contributed by atoms with van der Waals surface area (Å²) in [6, 6.07) is 3.37. The number of esters is 1. The van der Waals surface area contributed by atoms with E-state index in [9.17, 15) is 4.79 Å². The minimum Gasteiger partial charge on any atom is -0.493 e. The molecule has 9 heteroatoms. The Hall–Kier alpha value is -2.65. The van der Waals surface area contributed by atoms with Crippen LogP contribution in [0.1, 0.15) is 39.2 Å². The second-order valence-corrected chi connectivity index (χ2v) is 8.36. The summed E-state index contributed by atoms with van der Waals surface area (Å²) in [6.07, 6.45) is 0.238. The van der Waals surface area contributed by atoms with E-state index in [4.69, 9.17) is 28.4 Å². The molecule has 0 saturated heterocycles. The van der Waals surface area contributed by atoms with Crippen molar-refractivity contribution in [3.05, 3.63) is 38.9 Å². The number of likely N-dealkylation sites (N-methyl/N-ethyl adjacent to an activating group) is 1. The van der Waals surface area contributed by atoms with Crippen LogP contribution in [0.15, 0.2) is 16.6 Å². The fourth-order valence-electron chi connectivity index (χ4n) is 4.78. The van der Waals surface area contributed by atoms with Crippen LogP contribution in [0.2, 0.25) is 0 Å². The van der Waals surface area contributed by atoms with Crippen molar-refractivity contribution in [2.45, 2.75) is 18.6 Å². The minimum atomic E-state index is -0.549. The predicted octanol–water partition coefficient (Wildman–Crippen LogP) is 3.64. The van der Waals surface area contributed by atoms with E-state index in [1.807, 2.05) is 13.1 Å². The topological polar surface area (TPSA) is 75.7 Å². The number of carbonyl (C=O) groups excluding carboxylic acids is 1. The summed E-state index contributed by atoms with van der Waals surface area (Å²) in [5.41, 5.74) is 3.14. The van der Waals surface area contributed by atoms with Gasteiger partial charge in [0.25, 0.3) is 0 Å². The molecule has 3 heterocycles. The summed E-state index contributed by atoms with van der Waals surface area (Å²) in [5, 5.41) is 0. The summed E-state index contributed by atoms with van der Waals surface area (Å²) < 4.78 is 34.9. The highest BCUT2D eigenvalue weighted by Gasteiger charge is 2.47. The Labute approximate surface area is 188 Å². The zero-order valence-electron chi connectivity index (χ0n) is 17.6. The van der Waals surface area contributed by atoms with Crippen LogP contribution < -0.4 is 23.7 Å². The van der Waals surface area contributed by atoms with E-state index in [0.717, 1.165) is 34.1 Å². The number of benzene rings is 2. The molecule has 1 unspecified atom stereocenters. The molecule has 31 heavy (non-hydrogen) atoms. The van der Waals surface area contributed by atoms with Crippen LogP contribution in [0.4, 0.5) is 0 Å². The maximum absolute atomic E-state index is 12.9. The Balaban J connectivity index is 1.72. The molecular formula is C22H22BrNO7. The molecule has 164 valence electrons. The number of carbonyl (C=O) groups is 1. The van der Waals surface area contributed by atoms with E-state index >= 15 is 0 Å². The largest absolute Gasteiger partial charge is 0.493 e. The lowest BCUT2D eigenvalue weighted by molar-refractivity contribution is 0.00869. The molecule has 8 nitrogen and oxygen atoms in total. The molecule has 0 amide bonds. The van der Waals surface area contributed by atoms with E-state index in [2.05, 4.69) is 20.8 Å². The first kappa shape index (κ1) is 20.3. The molecule has 5 rings (SSSR count). The molecule has 2 aromatic rings. The van der Waals surface area contributed by atoms with Crippen molar-refractivity contribution in [1.29, 1.82) is 0 Å². The van der Waals surface area contributed by atoms with Gasteiger partial charge in [-0.1, -0.05) is 6.07 Å². The van der Waals surface area contributed by atoms with Crippen LogP contribution in [0.3, 0.4) is 0 Å². The van der Waals surface area contributed by atoms with E-state index in [1.165, 1.54) is 14.2 Å². The van der Waals surface area contributed by atoms with Crippen molar-refractivity contribution in [3.8, 4) is 28.7 Å².